The molecule has 140 valence electrons. The van der Waals surface area contributed by atoms with Crippen LogP contribution >= 0.6 is 0 Å². The van der Waals surface area contributed by atoms with Gasteiger partial charge in [-0.05, 0) is 30.3 Å². The number of aromatic nitrogens is 1. The van der Waals surface area contributed by atoms with Crippen molar-refractivity contribution in [2.45, 2.75) is 6.18 Å². The van der Waals surface area contributed by atoms with Gasteiger partial charge < -0.3 is 10.2 Å². The summed E-state index contributed by atoms with van der Waals surface area (Å²) < 4.78 is 37.5. The molecule has 0 bridgehead atoms. The molecule has 0 unspecified atom stereocenters. The molecule has 0 aliphatic carbocycles. The number of hydrogen-bond acceptors (Lipinski definition) is 5. The van der Waals surface area contributed by atoms with Crippen LogP contribution in [0.4, 0.5) is 13.2 Å². The van der Waals surface area contributed by atoms with E-state index in [4.69, 9.17) is 5.11 Å². The number of nitrogens with zero attached hydrogens (tertiary/aromatic N) is 1. The van der Waals surface area contributed by atoms with E-state index in [0.717, 1.165) is 12.1 Å². The third-order valence-electron chi connectivity index (χ3n) is 3.26. The van der Waals surface area contributed by atoms with Crippen molar-refractivity contribution in [2.24, 2.45) is 0 Å². The molecule has 3 N–H and O–H groups in total. The molecule has 1 aromatic carbocycles. The molecule has 0 radical (unpaired) electrons. The smallest absolute Gasteiger partial charge is 0.416 e. The molecule has 0 aliphatic heterocycles. The van der Waals surface area contributed by atoms with Crippen LogP contribution in [0.3, 0.4) is 0 Å². The van der Waals surface area contributed by atoms with Crippen molar-refractivity contribution in [1.82, 2.24) is 10.3 Å². The summed E-state index contributed by atoms with van der Waals surface area (Å²) in [7, 11) is 0. The van der Waals surface area contributed by atoms with E-state index in [1.165, 1.54) is 24.4 Å². The zero-order valence-corrected chi connectivity index (χ0v) is 13.7. The van der Waals surface area contributed by atoms with Crippen molar-refractivity contribution < 1.29 is 33.0 Å². The lowest BCUT2D eigenvalue weighted by atomic mass is 10.1. The summed E-state index contributed by atoms with van der Waals surface area (Å²) in [5.41, 5.74) is -0.442. The van der Waals surface area contributed by atoms with Gasteiger partial charge in [-0.15, -0.1) is 0 Å². The minimum absolute atomic E-state index is 0.243. The number of nitrogens with one attached hydrogen (secondary N) is 1. The van der Waals surface area contributed by atoms with Gasteiger partial charge in [-0.2, -0.15) is 13.2 Å². The van der Waals surface area contributed by atoms with Crippen LogP contribution in [0.1, 0.15) is 27.2 Å². The maximum atomic E-state index is 12.5. The van der Waals surface area contributed by atoms with Gasteiger partial charge >= 0.3 is 12.1 Å². The van der Waals surface area contributed by atoms with Crippen molar-refractivity contribution in [2.75, 3.05) is 13.1 Å². The Morgan fingerprint density at radius 1 is 1.07 bits per heavy atom. The summed E-state index contributed by atoms with van der Waals surface area (Å²) >= 11 is 0. The van der Waals surface area contributed by atoms with Gasteiger partial charge in [0.1, 0.15) is 11.4 Å². The van der Waals surface area contributed by atoms with Gasteiger partial charge in [0, 0.05) is 17.3 Å². The molecular formula is C18H13F3N2O4. The minimum Gasteiger partial charge on any atom is -0.506 e. The number of carbonyl (C=O) groups excluding carboxylic acids is 1. The number of rotatable bonds is 5. The van der Waals surface area contributed by atoms with Crippen LogP contribution in [-0.4, -0.2) is 40.0 Å². The normalized spacial score (nSPS) is 10.8. The number of halogens is 3. The molecule has 0 amide bonds. The third-order valence-corrected chi connectivity index (χ3v) is 3.26. The van der Waals surface area contributed by atoms with Crippen molar-refractivity contribution in [3.63, 3.8) is 0 Å². The Morgan fingerprint density at radius 2 is 1.70 bits per heavy atom. The highest BCUT2D eigenvalue weighted by atomic mass is 19.4. The molecule has 0 aliphatic rings. The number of carbonyl (C=O) groups is 2. The molecule has 0 spiro atoms. The highest BCUT2D eigenvalue weighted by Crippen LogP contribution is 2.28. The third kappa shape index (κ3) is 5.83. The second-order valence-corrected chi connectivity index (χ2v) is 5.34. The van der Waals surface area contributed by atoms with Crippen molar-refractivity contribution >= 4 is 11.8 Å². The zero-order chi connectivity index (χ0) is 20.0. The number of carboxylic acid groups (broad SMARTS) is 1. The number of hydrogen-bond donors (Lipinski definition) is 3. The van der Waals surface area contributed by atoms with Gasteiger partial charge in [0.05, 0.1) is 18.7 Å². The molecule has 0 fully saturated rings. The highest BCUT2D eigenvalue weighted by molar-refractivity contribution is 5.98. The molecule has 27 heavy (non-hydrogen) atoms. The second-order valence-electron chi connectivity index (χ2n) is 5.34. The van der Waals surface area contributed by atoms with E-state index in [2.05, 4.69) is 22.1 Å². The summed E-state index contributed by atoms with van der Waals surface area (Å²) in [6, 6.07) is 5.44. The number of pyridine rings is 1. The Kier molecular flexibility index (Phi) is 6.15. The Bertz CT molecular complexity index is 913. The lowest BCUT2D eigenvalue weighted by molar-refractivity contribution is -0.138. The van der Waals surface area contributed by atoms with E-state index in [1.807, 2.05) is 0 Å². The Balaban J connectivity index is 2.09. The molecule has 0 atom stereocenters. The fraction of sp³-hybridized carbons (Fsp3) is 0.167. The number of aliphatic carboxylic acids is 1. The molecule has 1 aromatic heterocycles. The van der Waals surface area contributed by atoms with Crippen LogP contribution in [0.2, 0.25) is 0 Å². The summed E-state index contributed by atoms with van der Waals surface area (Å²) in [6.45, 7) is -0.730. The van der Waals surface area contributed by atoms with E-state index in [-0.39, 0.29) is 17.8 Å². The van der Waals surface area contributed by atoms with Crippen LogP contribution < -0.4 is 5.32 Å². The lowest BCUT2D eigenvalue weighted by Crippen LogP contribution is -2.28. The maximum Gasteiger partial charge on any atom is 0.416 e. The number of benzene rings is 1. The molecule has 9 heteroatoms. The van der Waals surface area contributed by atoms with E-state index >= 15 is 0 Å². The van der Waals surface area contributed by atoms with E-state index in [0.29, 0.717) is 5.56 Å². The first-order chi connectivity index (χ1) is 12.7. The Hall–Kier alpha value is -3.38. The molecule has 1 heterocycles. The van der Waals surface area contributed by atoms with E-state index in [1.54, 1.807) is 0 Å². The summed E-state index contributed by atoms with van der Waals surface area (Å²) in [4.78, 5) is 26.0. The molecule has 2 rings (SSSR count). The first kappa shape index (κ1) is 19.9. The fourth-order valence-electron chi connectivity index (χ4n) is 1.99. The monoisotopic (exact) mass is 378 g/mol. The molecular weight excluding hydrogens is 365 g/mol. The lowest BCUT2D eigenvalue weighted by Gasteiger charge is -2.05. The summed E-state index contributed by atoms with van der Waals surface area (Å²) in [5, 5.41) is 20.7. The number of carboxylic acids is 1. The number of Topliss-reactive ketones (excluding diaryl/α,β-unsaturated/α-hetero) is 1. The molecule has 0 saturated heterocycles. The predicted octanol–water partition coefficient (Wildman–Crippen LogP) is 2.06. The quantitative estimate of drug-likeness (QED) is 0.544. The summed E-state index contributed by atoms with van der Waals surface area (Å²) in [6.07, 6.45) is -3.20. The maximum absolute atomic E-state index is 12.5. The average Bonchev–Trinajstić information content (AvgIpc) is 2.59. The number of ketones is 1. The van der Waals surface area contributed by atoms with Gasteiger partial charge in [-0.3, -0.25) is 14.9 Å². The molecule has 6 nitrogen and oxygen atoms in total. The standard InChI is InChI=1S/C18H13F3N2O4/c19-18(20,21)13-5-3-11(4-6-13)1-2-12-7-14(24)17(23-8-12)15(25)9-22-10-16(26)27/h3-8,22,24H,9-10H2,(H,26,27). The second kappa shape index (κ2) is 8.33. The first-order valence-corrected chi connectivity index (χ1v) is 7.51. The minimum atomic E-state index is -4.43. The van der Waals surface area contributed by atoms with Gasteiger partial charge in [0.2, 0.25) is 0 Å². The number of alkyl halides is 3. The first-order valence-electron chi connectivity index (χ1n) is 7.51. The van der Waals surface area contributed by atoms with Crippen LogP contribution in [0.25, 0.3) is 0 Å². The Labute approximate surface area is 151 Å². The fourth-order valence-corrected chi connectivity index (χ4v) is 1.99. The van der Waals surface area contributed by atoms with Gasteiger partial charge in [0.25, 0.3) is 0 Å². The Morgan fingerprint density at radius 3 is 2.26 bits per heavy atom. The largest absolute Gasteiger partial charge is 0.506 e. The average molecular weight is 378 g/mol. The van der Waals surface area contributed by atoms with Gasteiger partial charge in [-0.25, -0.2) is 4.98 Å². The van der Waals surface area contributed by atoms with Crippen LogP contribution in [-0.2, 0) is 11.0 Å². The van der Waals surface area contributed by atoms with E-state index < -0.39 is 35.8 Å². The van der Waals surface area contributed by atoms with Gasteiger partial charge in [0.15, 0.2) is 5.78 Å². The highest BCUT2D eigenvalue weighted by Gasteiger charge is 2.29. The van der Waals surface area contributed by atoms with Gasteiger partial charge in [-0.1, -0.05) is 11.8 Å². The van der Waals surface area contributed by atoms with Crippen molar-refractivity contribution in [1.29, 1.82) is 0 Å². The van der Waals surface area contributed by atoms with Crippen molar-refractivity contribution in [3.05, 3.63) is 58.9 Å². The topological polar surface area (TPSA) is 99.5 Å². The van der Waals surface area contributed by atoms with E-state index in [9.17, 15) is 27.9 Å². The van der Waals surface area contributed by atoms with Crippen LogP contribution in [0.15, 0.2) is 36.5 Å². The predicted molar refractivity (Wildman–Crippen MR) is 88.2 cm³/mol. The van der Waals surface area contributed by atoms with Crippen LogP contribution in [0.5, 0.6) is 5.75 Å². The SMILES string of the molecule is O=C(O)CNCC(=O)c1ncc(C#Cc2ccc(C(F)(F)F)cc2)cc1O. The zero-order valence-electron chi connectivity index (χ0n) is 13.7. The summed E-state index contributed by atoms with van der Waals surface area (Å²) in [5.74, 6) is 3.09. The molecule has 2 aromatic rings. The van der Waals surface area contributed by atoms with Crippen LogP contribution in [0, 0.1) is 11.8 Å². The number of aromatic hydroxyl groups is 1. The van der Waals surface area contributed by atoms with Crippen molar-refractivity contribution in [3.8, 4) is 17.6 Å². The molecule has 0 saturated carbocycles.